The number of ether oxygens (including phenoxy) is 1. The molecule has 4 amide bonds. The van der Waals surface area contributed by atoms with E-state index in [9.17, 15) is 19.2 Å². The van der Waals surface area contributed by atoms with Gasteiger partial charge in [0.05, 0.1) is 18.4 Å². The topological polar surface area (TPSA) is 106 Å². The summed E-state index contributed by atoms with van der Waals surface area (Å²) in [5.74, 6) is -1.23. The van der Waals surface area contributed by atoms with Gasteiger partial charge < -0.3 is 9.15 Å². The number of hydrogen-bond donors (Lipinski definition) is 1. The van der Waals surface area contributed by atoms with Crippen molar-refractivity contribution in [2.75, 3.05) is 12.0 Å². The number of nitrogens with one attached hydrogen (secondary N) is 1. The van der Waals surface area contributed by atoms with Crippen LogP contribution in [0.3, 0.4) is 0 Å². The number of nitrogens with zero attached hydrogens (tertiary/aromatic N) is 1. The molecule has 1 fully saturated rings. The zero-order chi connectivity index (χ0) is 23.7. The molecule has 1 aliphatic heterocycles. The van der Waals surface area contributed by atoms with Crippen molar-refractivity contribution in [3.63, 3.8) is 0 Å². The summed E-state index contributed by atoms with van der Waals surface area (Å²) >= 11 is 0. The van der Waals surface area contributed by atoms with E-state index in [0.717, 1.165) is 21.6 Å². The molecule has 1 N–H and O–H groups in total. The second-order valence-electron chi connectivity index (χ2n) is 7.52. The first-order valence-electron chi connectivity index (χ1n) is 10.1. The highest BCUT2D eigenvalue weighted by Crippen LogP contribution is 2.28. The van der Waals surface area contributed by atoms with Crippen LogP contribution in [0.5, 0.6) is 0 Å². The van der Waals surface area contributed by atoms with Crippen LogP contribution in [0.4, 0.5) is 10.5 Å². The standard InChI is InChI=1S/C25H20N2O6/c1-14-4-7-17(8-5-14)27-23(29)20(22(28)26-25(27)31)13-18-9-11-21(33-18)19-10-6-16(12-15(19)2)24(30)32-3/h4-13H,1-3H3,(H,26,28,31)/b20-13+. The van der Waals surface area contributed by atoms with Gasteiger partial charge in [0.15, 0.2) is 0 Å². The summed E-state index contributed by atoms with van der Waals surface area (Å²) in [6.45, 7) is 3.71. The van der Waals surface area contributed by atoms with Crippen LogP contribution in [0.2, 0.25) is 0 Å². The monoisotopic (exact) mass is 444 g/mol. The maximum absolute atomic E-state index is 13.0. The predicted molar refractivity (Wildman–Crippen MR) is 120 cm³/mol. The van der Waals surface area contributed by atoms with Gasteiger partial charge in [-0.15, -0.1) is 0 Å². The van der Waals surface area contributed by atoms with Crippen LogP contribution >= 0.6 is 0 Å². The number of hydrogen-bond acceptors (Lipinski definition) is 6. The maximum atomic E-state index is 13.0. The number of carbonyl (C=O) groups is 4. The Morgan fingerprint density at radius 3 is 2.39 bits per heavy atom. The molecule has 2 heterocycles. The van der Waals surface area contributed by atoms with Gasteiger partial charge in [0, 0.05) is 5.56 Å². The Bertz CT molecular complexity index is 1320. The lowest BCUT2D eigenvalue weighted by atomic mass is 10.0. The molecule has 33 heavy (non-hydrogen) atoms. The first-order valence-corrected chi connectivity index (χ1v) is 10.1. The predicted octanol–water partition coefficient (Wildman–Crippen LogP) is 4.02. The van der Waals surface area contributed by atoms with Gasteiger partial charge in [-0.2, -0.15) is 0 Å². The molecule has 3 aromatic rings. The summed E-state index contributed by atoms with van der Waals surface area (Å²) in [4.78, 5) is 50.3. The molecule has 0 aliphatic carbocycles. The van der Waals surface area contributed by atoms with Crippen molar-refractivity contribution < 1.29 is 28.3 Å². The number of esters is 1. The summed E-state index contributed by atoms with van der Waals surface area (Å²) < 4.78 is 10.6. The molecule has 1 aromatic heterocycles. The Balaban J connectivity index is 1.65. The van der Waals surface area contributed by atoms with E-state index in [1.54, 1.807) is 54.6 Å². The van der Waals surface area contributed by atoms with Crippen LogP contribution in [-0.4, -0.2) is 30.9 Å². The first-order chi connectivity index (χ1) is 15.8. The van der Waals surface area contributed by atoms with E-state index >= 15 is 0 Å². The first kappa shape index (κ1) is 21.8. The summed E-state index contributed by atoms with van der Waals surface area (Å²) in [6, 6.07) is 14.3. The molecular formula is C25H20N2O6. The zero-order valence-corrected chi connectivity index (χ0v) is 18.2. The fourth-order valence-corrected chi connectivity index (χ4v) is 3.49. The zero-order valence-electron chi connectivity index (χ0n) is 18.2. The van der Waals surface area contributed by atoms with E-state index in [4.69, 9.17) is 9.15 Å². The van der Waals surface area contributed by atoms with E-state index < -0.39 is 23.8 Å². The van der Waals surface area contributed by atoms with Gasteiger partial charge in [-0.1, -0.05) is 23.8 Å². The van der Waals surface area contributed by atoms with Gasteiger partial charge in [0.1, 0.15) is 17.1 Å². The van der Waals surface area contributed by atoms with Gasteiger partial charge in [0.2, 0.25) is 0 Å². The fourth-order valence-electron chi connectivity index (χ4n) is 3.49. The second-order valence-corrected chi connectivity index (χ2v) is 7.52. The number of amides is 4. The van der Waals surface area contributed by atoms with Gasteiger partial charge in [-0.05, 0) is 61.9 Å². The average Bonchev–Trinajstić information content (AvgIpc) is 3.25. The lowest BCUT2D eigenvalue weighted by Gasteiger charge is -2.26. The highest BCUT2D eigenvalue weighted by Gasteiger charge is 2.37. The number of benzene rings is 2. The summed E-state index contributed by atoms with van der Waals surface area (Å²) in [5, 5.41) is 2.19. The third kappa shape index (κ3) is 4.18. The highest BCUT2D eigenvalue weighted by molar-refractivity contribution is 6.39. The molecule has 1 saturated heterocycles. The summed E-state index contributed by atoms with van der Waals surface area (Å²) in [7, 11) is 1.31. The normalized spacial score (nSPS) is 15.1. The molecule has 0 unspecified atom stereocenters. The maximum Gasteiger partial charge on any atom is 0.337 e. The number of carbonyl (C=O) groups excluding carboxylic acids is 4. The van der Waals surface area contributed by atoms with Gasteiger partial charge in [-0.3, -0.25) is 14.9 Å². The van der Waals surface area contributed by atoms with Gasteiger partial charge in [0.25, 0.3) is 11.8 Å². The van der Waals surface area contributed by atoms with Crippen molar-refractivity contribution in [3.05, 3.63) is 82.6 Å². The molecule has 8 nitrogen and oxygen atoms in total. The molecule has 4 rings (SSSR count). The molecule has 1 aliphatic rings. The number of aryl methyl sites for hydroxylation is 2. The van der Waals surface area contributed by atoms with Crippen molar-refractivity contribution in [2.45, 2.75) is 13.8 Å². The summed E-state index contributed by atoms with van der Waals surface area (Å²) in [5.41, 5.74) is 3.03. The van der Waals surface area contributed by atoms with Crippen molar-refractivity contribution in [1.82, 2.24) is 5.32 Å². The number of anilines is 1. The average molecular weight is 444 g/mol. The molecular weight excluding hydrogens is 424 g/mol. The Labute approximate surface area is 189 Å². The van der Waals surface area contributed by atoms with Crippen molar-refractivity contribution in [2.24, 2.45) is 0 Å². The molecule has 0 spiro atoms. The molecule has 2 aromatic carbocycles. The van der Waals surface area contributed by atoms with Crippen LogP contribution < -0.4 is 10.2 Å². The number of methoxy groups -OCH3 is 1. The molecule has 0 saturated carbocycles. The minimum atomic E-state index is -0.813. The smallest absolute Gasteiger partial charge is 0.337 e. The van der Waals surface area contributed by atoms with E-state index in [0.29, 0.717) is 17.0 Å². The van der Waals surface area contributed by atoms with Gasteiger partial charge >= 0.3 is 12.0 Å². The minimum Gasteiger partial charge on any atom is -0.465 e. The molecule has 166 valence electrons. The second kappa shape index (κ2) is 8.58. The van der Waals surface area contributed by atoms with E-state index in [2.05, 4.69) is 5.32 Å². The lowest BCUT2D eigenvalue weighted by molar-refractivity contribution is -0.122. The quantitative estimate of drug-likeness (QED) is 0.370. The molecule has 0 atom stereocenters. The minimum absolute atomic E-state index is 0.228. The highest BCUT2D eigenvalue weighted by atomic mass is 16.5. The Kier molecular flexibility index (Phi) is 5.66. The third-order valence-electron chi connectivity index (χ3n) is 5.22. The molecule has 0 bridgehead atoms. The van der Waals surface area contributed by atoms with Crippen LogP contribution in [-0.2, 0) is 14.3 Å². The van der Waals surface area contributed by atoms with Crippen molar-refractivity contribution in [3.8, 4) is 11.3 Å². The Hall–Kier alpha value is -4.46. The van der Waals surface area contributed by atoms with E-state index in [-0.39, 0.29) is 11.3 Å². The molecule has 8 heteroatoms. The molecule has 0 radical (unpaired) electrons. The number of furan rings is 1. The number of rotatable bonds is 4. The van der Waals surface area contributed by atoms with Crippen LogP contribution in [0.15, 0.2) is 64.6 Å². The van der Waals surface area contributed by atoms with Crippen LogP contribution in [0, 0.1) is 13.8 Å². The van der Waals surface area contributed by atoms with E-state index in [1.165, 1.54) is 13.2 Å². The Morgan fingerprint density at radius 1 is 1.00 bits per heavy atom. The number of imide groups is 2. The number of barbiturate groups is 1. The fraction of sp³-hybridized carbons (Fsp3) is 0.120. The van der Waals surface area contributed by atoms with Gasteiger partial charge in [-0.25, -0.2) is 14.5 Å². The SMILES string of the molecule is COC(=O)c1ccc(-c2ccc(/C=C3\C(=O)NC(=O)N(c4ccc(C)cc4)C3=O)o2)c(C)c1. The summed E-state index contributed by atoms with van der Waals surface area (Å²) in [6.07, 6.45) is 1.30. The van der Waals surface area contributed by atoms with Crippen LogP contribution in [0.25, 0.3) is 17.4 Å². The lowest BCUT2D eigenvalue weighted by Crippen LogP contribution is -2.54. The van der Waals surface area contributed by atoms with Crippen LogP contribution in [0.1, 0.15) is 27.2 Å². The third-order valence-corrected chi connectivity index (χ3v) is 5.22. The van der Waals surface area contributed by atoms with E-state index in [1.807, 2.05) is 13.8 Å². The largest absolute Gasteiger partial charge is 0.465 e. The number of urea groups is 1. The van der Waals surface area contributed by atoms with Crippen molar-refractivity contribution in [1.29, 1.82) is 0 Å². The van der Waals surface area contributed by atoms with Crippen molar-refractivity contribution >= 4 is 35.6 Å². The Morgan fingerprint density at radius 2 is 1.73 bits per heavy atom.